The van der Waals surface area contributed by atoms with E-state index in [0.29, 0.717) is 11.8 Å². The molecule has 3 rings (SSSR count). The third-order valence-corrected chi connectivity index (χ3v) is 4.47. The van der Waals surface area contributed by atoms with Gasteiger partial charge in [0.05, 0.1) is 0 Å². The van der Waals surface area contributed by atoms with E-state index in [9.17, 15) is 0 Å². The Bertz CT molecular complexity index is 726. The molecule has 0 spiro atoms. The molecule has 0 aliphatic heterocycles. The Labute approximate surface area is 136 Å². The Morgan fingerprint density at radius 1 is 1.14 bits per heavy atom. The number of benzene rings is 1. The minimum atomic E-state index is 0.502. The van der Waals surface area contributed by atoms with Crippen molar-refractivity contribution in [2.45, 2.75) is 11.6 Å². The summed E-state index contributed by atoms with van der Waals surface area (Å²) in [6.45, 7) is 0. The minimum absolute atomic E-state index is 0.502. The molecule has 6 nitrogen and oxygen atoms in total. The van der Waals surface area contributed by atoms with Crippen LogP contribution in [0.25, 0.3) is 22.8 Å². The number of hydrogen-bond donors (Lipinski definition) is 0. The van der Waals surface area contributed by atoms with E-state index in [1.807, 2.05) is 35.9 Å². The van der Waals surface area contributed by atoms with Crippen LogP contribution in [0.15, 0.2) is 40.2 Å². The van der Waals surface area contributed by atoms with Crippen molar-refractivity contribution in [2.24, 2.45) is 7.05 Å². The lowest BCUT2D eigenvalue weighted by molar-refractivity contribution is 0.568. The Kier molecular flexibility index (Phi) is 4.74. The van der Waals surface area contributed by atoms with Crippen LogP contribution in [0.4, 0.5) is 0 Å². The largest absolute Gasteiger partial charge is 0.423 e. The molecule has 2 aromatic heterocycles. The molecule has 0 fully saturated rings. The lowest BCUT2D eigenvalue weighted by Crippen LogP contribution is -1.95. The smallest absolute Gasteiger partial charge is 0.247 e. The van der Waals surface area contributed by atoms with Crippen molar-refractivity contribution in [3.63, 3.8) is 0 Å². The second kappa shape index (κ2) is 6.93. The Morgan fingerprint density at radius 2 is 1.91 bits per heavy atom. The van der Waals surface area contributed by atoms with Crippen molar-refractivity contribution in [1.29, 1.82) is 0 Å². The van der Waals surface area contributed by atoms with Gasteiger partial charge in [0.15, 0.2) is 11.0 Å². The fraction of sp³-hybridized carbons (Fsp3) is 0.286. The molecule has 0 bridgehead atoms. The molecule has 0 saturated carbocycles. The number of halogens is 1. The van der Waals surface area contributed by atoms with Crippen LogP contribution in [0.5, 0.6) is 0 Å². The van der Waals surface area contributed by atoms with E-state index in [0.717, 1.165) is 34.3 Å². The van der Waals surface area contributed by atoms with Crippen molar-refractivity contribution < 1.29 is 4.42 Å². The molecule has 114 valence electrons. The fourth-order valence-corrected chi connectivity index (χ4v) is 3.11. The van der Waals surface area contributed by atoms with Crippen LogP contribution in [0.1, 0.15) is 6.42 Å². The average molecular weight is 336 g/mol. The molecule has 22 heavy (non-hydrogen) atoms. The number of nitrogens with zero attached hydrogens (tertiary/aromatic N) is 5. The van der Waals surface area contributed by atoms with Crippen molar-refractivity contribution in [3.8, 4) is 22.8 Å². The topological polar surface area (TPSA) is 69.6 Å². The normalized spacial score (nSPS) is 11.0. The molecule has 0 aliphatic rings. The first kappa shape index (κ1) is 15.1. The summed E-state index contributed by atoms with van der Waals surface area (Å²) in [6, 6.07) is 7.79. The van der Waals surface area contributed by atoms with Gasteiger partial charge in [-0.25, -0.2) is 0 Å². The predicted octanol–water partition coefficient (Wildman–Crippen LogP) is 3.25. The van der Waals surface area contributed by atoms with E-state index in [2.05, 4.69) is 20.4 Å². The zero-order valence-corrected chi connectivity index (χ0v) is 13.5. The summed E-state index contributed by atoms with van der Waals surface area (Å²) in [7, 11) is 1.96. The van der Waals surface area contributed by atoms with E-state index in [1.54, 1.807) is 11.8 Å². The number of rotatable bonds is 6. The van der Waals surface area contributed by atoms with E-state index in [1.165, 1.54) is 6.39 Å². The number of aromatic nitrogens is 5. The highest BCUT2D eigenvalue weighted by Crippen LogP contribution is 2.25. The Balaban J connectivity index is 1.79. The number of thioether (sulfide) groups is 1. The molecule has 0 atom stereocenters. The van der Waals surface area contributed by atoms with E-state index in [-0.39, 0.29) is 0 Å². The second-order valence-electron chi connectivity index (χ2n) is 4.58. The Hall–Kier alpha value is -1.86. The van der Waals surface area contributed by atoms with Crippen molar-refractivity contribution in [2.75, 3.05) is 11.6 Å². The summed E-state index contributed by atoms with van der Waals surface area (Å²) in [4.78, 5) is 0. The van der Waals surface area contributed by atoms with Gasteiger partial charge in [0.25, 0.3) is 0 Å². The van der Waals surface area contributed by atoms with Crippen LogP contribution >= 0.6 is 23.4 Å². The first-order chi connectivity index (χ1) is 10.8. The molecule has 3 aromatic rings. The van der Waals surface area contributed by atoms with Crippen LogP contribution < -0.4 is 0 Å². The minimum Gasteiger partial charge on any atom is -0.423 e. The van der Waals surface area contributed by atoms with Gasteiger partial charge in [-0.1, -0.05) is 23.9 Å². The van der Waals surface area contributed by atoms with Gasteiger partial charge in [-0.15, -0.1) is 32.0 Å². The van der Waals surface area contributed by atoms with Gasteiger partial charge in [0, 0.05) is 29.8 Å². The van der Waals surface area contributed by atoms with E-state index < -0.39 is 0 Å². The number of hydrogen-bond acceptors (Lipinski definition) is 6. The maximum absolute atomic E-state index is 5.69. The quantitative estimate of drug-likeness (QED) is 0.391. The maximum atomic E-state index is 5.69. The average Bonchev–Trinajstić information content (AvgIpc) is 3.19. The predicted molar refractivity (Wildman–Crippen MR) is 85.8 cm³/mol. The third kappa shape index (κ3) is 3.15. The summed E-state index contributed by atoms with van der Waals surface area (Å²) >= 11 is 7.35. The van der Waals surface area contributed by atoms with Crippen molar-refractivity contribution >= 4 is 23.4 Å². The van der Waals surface area contributed by atoms with Gasteiger partial charge in [0.1, 0.15) is 0 Å². The highest BCUT2D eigenvalue weighted by atomic mass is 35.5. The van der Waals surface area contributed by atoms with Gasteiger partial charge in [-0.05, 0) is 18.6 Å². The highest BCUT2D eigenvalue weighted by Gasteiger charge is 2.12. The summed E-state index contributed by atoms with van der Waals surface area (Å²) in [5, 5.41) is 16.9. The maximum Gasteiger partial charge on any atom is 0.247 e. The van der Waals surface area contributed by atoms with E-state index >= 15 is 0 Å². The number of alkyl halides is 1. The molecule has 2 heterocycles. The van der Waals surface area contributed by atoms with Crippen LogP contribution in [-0.4, -0.2) is 36.6 Å². The van der Waals surface area contributed by atoms with Gasteiger partial charge in [-0.3, -0.25) is 0 Å². The monoisotopic (exact) mass is 335 g/mol. The second-order valence-corrected chi connectivity index (χ2v) is 6.02. The molecule has 0 amide bonds. The molecular weight excluding hydrogens is 322 g/mol. The molecule has 0 unspecified atom stereocenters. The summed E-state index contributed by atoms with van der Waals surface area (Å²) in [5.74, 6) is 2.92. The molecule has 0 saturated heterocycles. The summed E-state index contributed by atoms with van der Waals surface area (Å²) in [6.07, 6.45) is 2.27. The zero-order chi connectivity index (χ0) is 15.4. The third-order valence-electron chi connectivity index (χ3n) is 3.09. The Morgan fingerprint density at radius 3 is 2.59 bits per heavy atom. The lowest BCUT2D eigenvalue weighted by atomic mass is 10.1. The van der Waals surface area contributed by atoms with Crippen molar-refractivity contribution in [3.05, 3.63) is 30.7 Å². The molecule has 8 heteroatoms. The van der Waals surface area contributed by atoms with Crippen LogP contribution in [0, 0.1) is 0 Å². The van der Waals surface area contributed by atoms with Crippen LogP contribution in [0.3, 0.4) is 0 Å². The molecule has 1 aromatic carbocycles. The standard InChI is InChI=1S/C14H14ClN5OS/c1-20-12(17-19-14(20)22-8-2-7-15)10-3-5-11(6-4-10)13-18-16-9-21-13/h3-6,9H,2,7-8H2,1H3. The first-order valence-electron chi connectivity index (χ1n) is 6.74. The molecular formula is C14H14ClN5OS. The first-order valence-corrected chi connectivity index (χ1v) is 8.26. The zero-order valence-electron chi connectivity index (χ0n) is 11.9. The van der Waals surface area contributed by atoms with Gasteiger partial charge >= 0.3 is 0 Å². The van der Waals surface area contributed by atoms with Crippen molar-refractivity contribution in [1.82, 2.24) is 25.0 Å². The van der Waals surface area contributed by atoms with Gasteiger partial charge < -0.3 is 8.98 Å². The summed E-state index contributed by atoms with van der Waals surface area (Å²) < 4.78 is 7.17. The molecule has 0 N–H and O–H groups in total. The van der Waals surface area contributed by atoms with Crippen LogP contribution in [0.2, 0.25) is 0 Å². The van der Waals surface area contributed by atoms with Gasteiger partial charge in [0.2, 0.25) is 12.3 Å². The highest BCUT2D eigenvalue weighted by molar-refractivity contribution is 7.99. The van der Waals surface area contributed by atoms with E-state index in [4.69, 9.17) is 16.0 Å². The SMILES string of the molecule is Cn1c(SCCCCl)nnc1-c1ccc(-c2nnco2)cc1. The van der Waals surface area contributed by atoms with Crippen LogP contribution in [-0.2, 0) is 7.05 Å². The van der Waals surface area contributed by atoms with Gasteiger partial charge in [-0.2, -0.15) is 0 Å². The lowest BCUT2D eigenvalue weighted by Gasteiger charge is -2.04. The summed E-state index contributed by atoms with van der Waals surface area (Å²) in [5.41, 5.74) is 1.86. The molecule has 0 radical (unpaired) electrons. The fourth-order valence-electron chi connectivity index (χ4n) is 1.97. The molecule has 0 aliphatic carbocycles.